The Morgan fingerprint density at radius 1 is 1.35 bits per heavy atom. The van der Waals surface area contributed by atoms with Crippen LogP contribution in [0.2, 0.25) is 0 Å². The number of nitrogens with zero attached hydrogens (tertiary/aromatic N) is 1. The maximum absolute atomic E-state index is 5.81. The van der Waals surface area contributed by atoms with Crippen molar-refractivity contribution in [2.45, 2.75) is 32.2 Å². The summed E-state index contributed by atoms with van der Waals surface area (Å²) in [5, 5.41) is 1.38. The van der Waals surface area contributed by atoms with Crippen LogP contribution in [0.1, 0.15) is 31.2 Å². The van der Waals surface area contributed by atoms with Crippen molar-refractivity contribution in [3.63, 3.8) is 0 Å². The summed E-state index contributed by atoms with van der Waals surface area (Å²) in [6, 6.07) is 8.70. The van der Waals surface area contributed by atoms with Crippen LogP contribution >= 0.6 is 0 Å². The molecule has 1 unspecified atom stereocenters. The van der Waals surface area contributed by atoms with Crippen LogP contribution in [0.25, 0.3) is 10.9 Å². The Balaban J connectivity index is 2.08. The first-order chi connectivity index (χ1) is 8.29. The molecule has 0 aliphatic heterocycles. The van der Waals surface area contributed by atoms with Gasteiger partial charge >= 0.3 is 0 Å². The summed E-state index contributed by atoms with van der Waals surface area (Å²) >= 11 is 0. The van der Waals surface area contributed by atoms with Crippen molar-refractivity contribution in [2.24, 2.45) is 11.7 Å². The van der Waals surface area contributed by atoms with Gasteiger partial charge in [0.25, 0.3) is 0 Å². The van der Waals surface area contributed by atoms with Gasteiger partial charge in [-0.3, -0.25) is 0 Å². The number of benzene rings is 1. The van der Waals surface area contributed by atoms with E-state index in [1.54, 1.807) is 0 Å². The van der Waals surface area contributed by atoms with Gasteiger partial charge in [0.2, 0.25) is 0 Å². The second kappa shape index (κ2) is 4.19. The smallest absolute Gasteiger partial charge is 0.0483 e. The fourth-order valence-electron chi connectivity index (χ4n) is 2.52. The summed E-state index contributed by atoms with van der Waals surface area (Å²) in [6.07, 6.45) is 5.11. The molecule has 2 heteroatoms. The fraction of sp³-hybridized carbons (Fsp3) is 0.467. The summed E-state index contributed by atoms with van der Waals surface area (Å²) in [6.45, 7) is 4.11. The molecule has 1 atom stereocenters. The molecule has 0 radical (unpaired) electrons. The molecule has 1 aromatic heterocycles. The molecule has 3 rings (SSSR count). The van der Waals surface area contributed by atoms with Crippen LogP contribution in [0.5, 0.6) is 0 Å². The molecule has 1 heterocycles. The minimum absolute atomic E-state index is 0.445. The first-order valence-corrected chi connectivity index (χ1v) is 6.57. The maximum atomic E-state index is 5.81. The molecule has 90 valence electrons. The van der Waals surface area contributed by atoms with E-state index in [0.717, 1.165) is 12.5 Å². The first kappa shape index (κ1) is 10.8. The SMILES string of the molecule is CC(CN)c1cn(CC2CC2)c2ccccc12. The second-order valence-corrected chi connectivity index (χ2v) is 5.33. The number of rotatable bonds is 4. The van der Waals surface area contributed by atoms with Crippen LogP contribution in [0, 0.1) is 5.92 Å². The molecule has 2 N–H and O–H groups in total. The number of aromatic nitrogens is 1. The van der Waals surface area contributed by atoms with E-state index >= 15 is 0 Å². The molecule has 1 aliphatic carbocycles. The van der Waals surface area contributed by atoms with E-state index < -0.39 is 0 Å². The van der Waals surface area contributed by atoms with Crippen molar-refractivity contribution in [2.75, 3.05) is 6.54 Å². The van der Waals surface area contributed by atoms with Crippen LogP contribution in [-0.4, -0.2) is 11.1 Å². The molecular weight excluding hydrogens is 208 g/mol. The third-order valence-electron chi connectivity index (χ3n) is 3.86. The number of fused-ring (bicyclic) bond motifs is 1. The fourth-order valence-corrected chi connectivity index (χ4v) is 2.52. The van der Waals surface area contributed by atoms with Gasteiger partial charge in [-0.25, -0.2) is 0 Å². The zero-order valence-corrected chi connectivity index (χ0v) is 10.4. The molecule has 1 aromatic carbocycles. The van der Waals surface area contributed by atoms with Gasteiger partial charge in [0.1, 0.15) is 0 Å². The summed E-state index contributed by atoms with van der Waals surface area (Å²) in [7, 11) is 0. The van der Waals surface area contributed by atoms with Crippen molar-refractivity contribution < 1.29 is 0 Å². The standard InChI is InChI=1S/C15H20N2/c1-11(8-16)14-10-17(9-12-6-7-12)15-5-3-2-4-13(14)15/h2-5,10-12H,6-9,16H2,1H3. The van der Waals surface area contributed by atoms with Crippen molar-refractivity contribution in [3.05, 3.63) is 36.0 Å². The van der Waals surface area contributed by atoms with E-state index in [-0.39, 0.29) is 0 Å². The summed E-state index contributed by atoms with van der Waals surface area (Å²) < 4.78 is 2.43. The molecule has 0 bridgehead atoms. The highest BCUT2D eigenvalue weighted by atomic mass is 15.0. The summed E-state index contributed by atoms with van der Waals surface area (Å²) in [5.41, 5.74) is 8.59. The summed E-state index contributed by atoms with van der Waals surface area (Å²) in [5.74, 6) is 1.35. The van der Waals surface area contributed by atoms with Crippen LogP contribution < -0.4 is 5.73 Å². The van der Waals surface area contributed by atoms with Gasteiger partial charge < -0.3 is 10.3 Å². The minimum atomic E-state index is 0.445. The predicted molar refractivity (Wildman–Crippen MR) is 72.1 cm³/mol. The highest BCUT2D eigenvalue weighted by molar-refractivity contribution is 5.84. The van der Waals surface area contributed by atoms with Crippen LogP contribution in [0.3, 0.4) is 0 Å². The molecule has 2 nitrogen and oxygen atoms in total. The largest absolute Gasteiger partial charge is 0.347 e. The normalized spacial score (nSPS) is 17.5. The van der Waals surface area contributed by atoms with Crippen LogP contribution in [0.4, 0.5) is 0 Å². The van der Waals surface area contributed by atoms with Crippen LogP contribution in [0.15, 0.2) is 30.5 Å². The van der Waals surface area contributed by atoms with Gasteiger partial charge in [0.15, 0.2) is 0 Å². The highest BCUT2D eigenvalue weighted by Crippen LogP contribution is 2.34. The number of para-hydroxylation sites is 1. The lowest BCUT2D eigenvalue weighted by Gasteiger charge is -2.05. The topological polar surface area (TPSA) is 30.9 Å². The Hall–Kier alpha value is -1.28. The Kier molecular flexibility index (Phi) is 2.67. The Bertz CT molecular complexity index is 523. The van der Waals surface area contributed by atoms with E-state index in [2.05, 4.69) is 42.0 Å². The van der Waals surface area contributed by atoms with Crippen molar-refractivity contribution in [3.8, 4) is 0 Å². The van der Waals surface area contributed by atoms with Gasteiger partial charge in [-0.1, -0.05) is 25.1 Å². The minimum Gasteiger partial charge on any atom is -0.347 e. The lowest BCUT2D eigenvalue weighted by Crippen LogP contribution is -2.08. The van der Waals surface area contributed by atoms with E-state index in [1.165, 1.54) is 35.9 Å². The van der Waals surface area contributed by atoms with E-state index in [9.17, 15) is 0 Å². The molecular formula is C15H20N2. The molecule has 2 aromatic rings. The molecule has 17 heavy (non-hydrogen) atoms. The third-order valence-corrected chi connectivity index (χ3v) is 3.86. The van der Waals surface area contributed by atoms with Crippen molar-refractivity contribution in [1.82, 2.24) is 4.57 Å². The maximum Gasteiger partial charge on any atom is 0.0483 e. The Morgan fingerprint density at radius 2 is 2.12 bits per heavy atom. The molecule has 0 amide bonds. The third kappa shape index (κ3) is 1.98. The number of hydrogen-bond donors (Lipinski definition) is 1. The number of nitrogens with two attached hydrogens (primary N) is 1. The van der Waals surface area contributed by atoms with Gasteiger partial charge in [-0.05, 0) is 42.9 Å². The van der Waals surface area contributed by atoms with E-state index in [0.29, 0.717) is 5.92 Å². The zero-order valence-electron chi connectivity index (χ0n) is 10.4. The van der Waals surface area contributed by atoms with E-state index in [4.69, 9.17) is 5.73 Å². The average Bonchev–Trinajstić information content (AvgIpc) is 3.10. The lowest BCUT2D eigenvalue weighted by molar-refractivity contribution is 0.642. The quantitative estimate of drug-likeness (QED) is 0.856. The average molecular weight is 228 g/mol. The molecule has 0 saturated heterocycles. The first-order valence-electron chi connectivity index (χ1n) is 6.57. The van der Waals surface area contributed by atoms with Gasteiger partial charge in [0, 0.05) is 23.6 Å². The Labute approximate surface area is 102 Å². The van der Waals surface area contributed by atoms with Gasteiger partial charge in [-0.15, -0.1) is 0 Å². The molecule has 0 spiro atoms. The number of hydrogen-bond acceptors (Lipinski definition) is 1. The highest BCUT2D eigenvalue weighted by Gasteiger charge is 2.23. The monoisotopic (exact) mass is 228 g/mol. The van der Waals surface area contributed by atoms with Crippen LogP contribution in [-0.2, 0) is 6.54 Å². The summed E-state index contributed by atoms with van der Waals surface area (Å²) in [4.78, 5) is 0. The zero-order chi connectivity index (χ0) is 11.8. The van der Waals surface area contributed by atoms with E-state index in [1.807, 2.05) is 0 Å². The Morgan fingerprint density at radius 3 is 2.82 bits per heavy atom. The van der Waals surface area contributed by atoms with Gasteiger partial charge in [-0.2, -0.15) is 0 Å². The molecule has 1 aliphatic rings. The predicted octanol–water partition coefficient (Wildman–Crippen LogP) is 3.11. The van der Waals surface area contributed by atoms with Crippen molar-refractivity contribution >= 4 is 10.9 Å². The van der Waals surface area contributed by atoms with Gasteiger partial charge in [0.05, 0.1) is 0 Å². The lowest BCUT2D eigenvalue weighted by atomic mass is 10.0. The molecule has 1 fully saturated rings. The molecule has 1 saturated carbocycles. The second-order valence-electron chi connectivity index (χ2n) is 5.33. The van der Waals surface area contributed by atoms with Crippen molar-refractivity contribution in [1.29, 1.82) is 0 Å².